The summed E-state index contributed by atoms with van der Waals surface area (Å²) in [5.41, 5.74) is 9.56. The predicted octanol–water partition coefficient (Wildman–Crippen LogP) is 11.2. The molecular weight excluding hydrogens is 585 g/mol. The van der Waals surface area contributed by atoms with Crippen molar-refractivity contribution in [1.82, 2.24) is 19.1 Å². The fourth-order valence-electron chi connectivity index (χ4n) is 7.36. The molecule has 224 valence electrons. The first-order valence-electron chi connectivity index (χ1n) is 16.3. The van der Waals surface area contributed by atoms with E-state index in [9.17, 15) is 0 Å². The average Bonchev–Trinajstić information content (AvgIpc) is 3.68. The summed E-state index contributed by atoms with van der Waals surface area (Å²) >= 11 is 0. The van der Waals surface area contributed by atoms with Crippen molar-refractivity contribution in [2.24, 2.45) is 0 Å². The Kier molecular flexibility index (Phi) is 5.84. The fourth-order valence-corrected chi connectivity index (χ4v) is 7.36. The second-order valence-corrected chi connectivity index (χ2v) is 12.3. The van der Waals surface area contributed by atoms with Gasteiger partial charge >= 0.3 is 0 Å². The minimum atomic E-state index is 0.650. The van der Waals surface area contributed by atoms with Crippen LogP contribution in [-0.4, -0.2) is 19.1 Å². The smallest absolute Gasteiger partial charge is 0.235 e. The van der Waals surface area contributed by atoms with Crippen LogP contribution < -0.4 is 0 Å². The van der Waals surface area contributed by atoms with Crippen molar-refractivity contribution in [2.75, 3.05) is 0 Å². The van der Waals surface area contributed by atoms with Gasteiger partial charge in [-0.3, -0.25) is 4.57 Å². The van der Waals surface area contributed by atoms with Gasteiger partial charge in [-0.05, 0) is 41.8 Å². The summed E-state index contributed by atoms with van der Waals surface area (Å²) in [6.45, 7) is 0. The summed E-state index contributed by atoms with van der Waals surface area (Å²) < 4.78 is 4.65. The molecule has 0 bridgehead atoms. The Morgan fingerprint density at radius 1 is 0.354 bits per heavy atom. The van der Waals surface area contributed by atoms with Gasteiger partial charge in [0.2, 0.25) is 5.95 Å². The monoisotopic (exact) mass is 612 g/mol. The largest absolute Gasteiger partial charge is 0.309 e. The molecule has 0 saturated carbocycles. The van der Waals surface area contributed by atoms with Crippen LogP contribution in [0.15, 0.2) is 170 Å². The van der Waals surface area contributed by atoms with E-state index in [1.54, 1.807) is 0 Å². The second-order valence-electron chi connectivity index (χ2n) is 12.3. The molecule has 3 heterocycles. The lowest BCUT2D eigenvalue weighted by Gasteiger charge is -2.12. The molecule has 0 aliphatic heterocycles. The minimum absolute atomic E-state index is 0.650. The highest BCUT2D eigenvalue weighted by atomic mass is 15.2. The predicted molar refractivity (Wildman–Crippen MR) is 199 cm³/mol. The Morgan fingerprint density at radius 3 is 1.58 bits per heavy atom. The van der Waals surface area contributed by atoms with Crippen LogP contribution in [0.4, 0.5) is 0 Å². The van der Waals surface area contributed by atoms with Gasteiger partial charge in [0.05, 0.1) is 33.5 Å². The highest BCUT2D eigenvalue weighted by Gasteiger charge is 2.19. The maximum atomic E-state index is 5.21. The van der Waals surface area contributed by atoms with Gasteiger partial charge in [-0.25, -0.2) is 9.97 Å². The van der Waals surface area contributed by atoms with Crippen LogP contribution in [0, 0.1) is 0 Å². The van der Waals surface area contributed by atoms with Gasteiger partial charge < -0.3 is 4.57 Å². The molecule has 48 heavy (non-hydrogen) atoms. The first kappa shape index (κ1) is 26.7. The van der Waals surface area contributed by atoms with E-state index < -0.39 is 0 Å². The van der Waals surface area contributed by atoms with Gasteiger partial charge in [-0.2, -0.15) is 0 Å². The van der Waals surface area contributed by atoms with E-state index >= 15 is 0 Å². The van der Waals surface area contributed by atoms with Gasteiger partial charge in [0.1, 0.15) is 0 Å². The molecule has 0 unspecified atom stereocenters. The number of rotatable bonds is 4. The van der Waals surface area contributed by atoms with Crippen LogP contribution in [0.25, 0.3) is 88.5 Å². The highest BCUT2D eigenvalue weighted by molar-refractivity contribution is 6.19. The molecule has 0 spiro atoms. The zero-order valence-corrected chi connectivity index (χ0v) is 26.0. The van der Waals surface area contributed by atoms with Crippen LogP contribution in [-0.2, 0) is 0 Å². The van der Waals surface area contributed by atoms with Crippen molar-refractivity contribution in [3.8, 4) is 34.2 Å². The third-order valence-corrected chi connectivity index (χ3v) is 9.53. The summed E-state index contributed by atoms with van der Waals surface area (Å²) in [6.07, 6.45) is 0. The summed E-state index contributed by atoms with van der Waals surface area (Å²) in [5.74, 6) is 0.650. The standard InChI is InChI=1S/C44H28N4/c1-3-14-30(15-4-1)38-28-39(31-16-5-2-6-17-31)46-44(45-38)48-41-22-12-10-20-35(41)37-27-32(24-26-42(37)48)47-40-21-11-9-19-34(40)36-25-23-29-13-7-8-18-33(29)43(36)47/h1-28H. The molecule has 0 radical (unpaired) electrons. The summed E-state index contributed by atoms with van der Waals surface area (Å²) in [5, 5.41) is 7.30. The van der Waals surface area contributed by atoms with Crippen LogP contribution in [0.2, 0.25) is 0 Å². The molecule has 0 atom stereocenters. The number of benzene rings is 7. The number of para-hydroxylation sites is 2. The lowest BCUT2D eigenvalue weighted by molar-refractivity contribution is 0.995. The van der Waals surface area contributed by atoms with Gasteiger partial charge in [0, 0.05) is 43.7 Å². The normalized spacial score (nSPS) is 11.8. The van der Waals surface area contributed by atoms with Crippen LogP contribution in [0.5, 0.6) is 0 Å². The third kappa shape index (κ3) is 4.03. The lowest BCUT2D eigenvalue weighted by atomic mass is 10.1. The van der Waals surface area contributed by atoms with Crippen LogP contribution >= 0.6 is 0 Å². The first-order valence-corrected chi connectivity index (χ1v) is 16.3. The molecule has 7 aromatic carbocycles. The molecule has 0 saturated heterocycles. The molecule has 0 fully saturated rings. The van der Waals surface area contributed by atoms with Crippen molar-refractivity contribution in [3.63, 3.8) is 0 Å². The van der Waals surface area contributed by atoms with Crippen molar-refractivity contribution >= 4 is 54.4 Å². The number of nitrogens with zero attached hydrogens (tertiary/aromatic N) is 4. The quantitative estimate of drug-likeness (QED) is 0.198. The van der Waals surface area contributed by atoms with E-state index in [1.807, 2.05) is 12.1 Å². The third-order valence-electron chi connectivity index (χ3n) is 9.53. The van der Waals surface area contributed by atoms with E-state index in [0.29, 0.717) is 5.95 Å². The second kappa shape index (κ2) is 10.5. The van der Waals surface area contributed by atoms with E-state index in [4.69, 9.17) is 9.97 Å². The molecule has 0 aliphatic carbocycles. The van der Waals surface area contributed by atoms with E-state index in [1.165, 1.54) is 32.6 Å². The Balaban J connectivity index is 1.26. The lowest BCUT2D eigenvalue weighted by Crippen LogP contribution is -2.04. The zero-order valence-electron chi connectivity index (χ0n) is 26.0. The molecule has 0 amide bonds. The highest BCUT2D eigenvalue weighted by Crippen LogP contribution is 2.39. The van der Waals surface area contributed by atoms with Gasteiger partial charge in [-0.15, -0.1) is 0 Å². The number of aromatic nitrogens is 4. The summed E-state index contributed by atoms with van der Waals surface area (Å²) in [6, 6.07) is 60.1. The topological polar surface area (TPSA) is 35.6 Å². The van der Waals surface area contributed by atoms with E-state index in [2.05, 4.69) is 167 Å². The number of hydrogen-bond donors (Lipinski definition) is 0. The first-order chi connectivity index (χ1) is 23.8. The van der Waals surface area contributed by atoms with Crippen molar-refractivity contribution in [2.45, 2.75) is 0 Å². The fraction of sp³-hybridized carbons (Fsp3) is 0. The molecule has 3 aromatic heterocycles. The minimum Gasteiger partial charge on any atom is -0.309 e. The molecule has 4 heteroatoms. The Morgan fingerprint density at radius 2 is 0.896 bits per heavy atom. The SMILES string of the molecule is c1ccc(-c2cc(-c3ccccc3)nc(-n3c4ccccc4c4cc(-n5c6ccccc6c6ccc7ccccc7c65)ccc43)n2)cc1. The van der Waals surface area contributed by atoms with Crippen molar-refractivity contribution in [3.05, 3.63) is 170 Å². The maximum absolute atomic E-state index is 5.21. The number of hydrogen-bond acceptors (Lipinski definition) is 2. The van der Waals surface area contributed by atoms with Crippen LogP contribution in [0.3, 0.4) is 0 Å². The Labute approximate surface area is 276 Å². The van der Waals surface area contributed by atoms with Crippen molar-refractivity contribution in [1.29, 1.82) is 0 Å². The molecule has 10 rings (SSSR count). The molecular formula is C44H28N4. The molecule has 10 aromatic rings. The average molecular weight is 613 g/mol. The summed E-state index contributed by atoms with van der Waals surface area (Å²) in [7, 11) is 0. The summed E-state index contributed by atoms with van der Waals surface area (Å²) in [4.78, 5) is 10.4. The number of fused-ring (bicyclic) bond motifs is 8. The van der Waals surface area contributed by atoms with Gasteiger partial charge in [0.15, 0.2) is 0 Å². The van der Waals surface area contributed by atoms with Crippen LogP contribution in [0.1, 0.15) is 0 Å². The van der Waals surface area contributed by atoms with E-state index in [0.717, 1.165) is 50.0 Å². The van der Waals surface area contributed by atoms with Crippen molar-refractivity contribution < 1.29 is 0 Å². The molecule has 0 aliphatic rings. The Hall–Kier alpha value is -6.52. The maximum Gasteiger partial charge on any atom is 0.235 e. The zero-order chi connectivity index (χ0) is 31.6. The molecule has 4 nitrogen and oxygen atoms in total. The molecule has 0 N–H and O–H groups in total. The van der Waals surface area contributed by atoms with Gasteiger partial charge in [0.25, 0.3) is 0 Å². The van der Waals surface area contributed by atoms with Gasteiger partial charge in [-0.1, -0.05) is 133 Å². The Bertz CT molecular complexity index is 2770. The van der Waals surface area contributed by atoms with E-state index in [-0.39, 0.29) is 0 Å².